The van der Waals surface area contributed by atoms with Crippen LogP contribution in [0.25, 0.3) is 0 Å². The van der Waals surface area contributed by atoms with Gasteiger partial charge >= 0.3 is 12.0 Å². The van der Waals surface area contributed by atoms with Crippen molar-refractivity contribution in [2.75, 3.05) is 13.1 Å². The van der Waals surface area contributed by atoms with Gasteiger partial charge in [-0.3, -0.25) is 0 Å². The van der Waals surface area contributed by atoms with Crippen LogP contribution in [0, 0.1) is 0 Å². The van der Waals surface area contributed by atoms with Gasteiger partial charge in [0.05, 0.1) is 0 Å². The first-order chi connectivity index (χ1) is 9.59. The number of nitrogens with one attached hydrogen (secondary N) is 2. The Morgan fingerprint density at radius 2 is 1.95 bits per heavy atom. The third-order valence-corrected chi connectivity index (χ3v) is 5.12. The number of carbonyl (C=O) groups excluding carboxylic acids is 1. The van der Waals surface area contributed by atoms with Crippen molar-refractivity contribution in [3.8, 4) is 0 Å². The molecule has 3 aliphatic rings. The summed E-state index contributed by atoms with van der Waals surface area (Å²) in [4.78, 5) is 25.7. The number of hydrogen-bond acceptors (Lipinski definition) is 3. The van der Waals surface area contributed by atoms with E-state index in [4.69, 9.17) is 0 Å². The van der Waals surface area contributed by atoms with Crippen molar-refractivity contribution < 1.29 is 14.7 Å². The summed E-state index contributed by atoms with van der Waals surface area (Å²) in [5.74, 6) is -0.912. The minimum atomic E-state index is -1.02. The van der Waals surface area contributed by atoms with Gasteiger partial charge in [0.1, 0.15) is 5.54 Å². The van der Waals surface area contributed by atoms with Crippen molar-refractivity contribution in [3.05, 3.63) is 0 Å². The standard InChI is InChI=1S/C14H23N3O3/c18-12(19)14(5-2-6-14)16-13(20)15-10-4-8-17-7-1-3-11(17)9-10/h10-11H,1-9H2,(H,18,19)(H2,15,16,20). The lowest BCUT2D eigenvalue weighted by molar-refractivity contribution is -0.148. The molecule has 6 heteroatoms. The Bertz CT molecular complexity index is 408. The van der Waals surface area contributed by atoms with Crippen LogP contribution in [0.1, 0.15) is 44.9 Å². The van der Waals surface area contributed by atoms with E-state index < -0.39 is 11.5 Å². The van der Waals surface area contributed by atoms with Crippen LogP contribution in [-0.4, -0.2) is 52.7 Å². The van der Waals surface area contributed by atoms with Crippen LogP contribution in [0.5, 0.6) is 0 Å². The molecular formula is C14H23N3O3. The molecule has 2 unspecified atom stereocenters. The number of fused-ring (bicyclic) bond motifs is 1. The first-order valence-corrected chi connectivity index (χ1v) is 7.65. The van der Waals surface area contributed by atoms with Crippen LogP contribution >= 0.6 is 0 Å². The first-order valence-electron chi connectivity index (χ1n) is 7.65. The Hall–Kier alpha value is -1.30. The number of nitrogens with zero attached hydrogens (tertiary/aromatic N) is 1. The Morgan fingerprint density at radius 1 is 1.15 bits per heavy atom. The summed E-state index contributed by atoms with van der Waals surface area (Å²) >= 11 is 0. The lowest BCUT2D eigenvalue weighted by Crippen LogP contribution is -2.62. The van der Waals surface area contributed by atoms with Crippen LogP contribution in [0.15, 0.2) is 0 Å². The molecule has 112 valence electrons. The lowest BCUT2D eigenvalue weighted by atomic mass is 9.77. The van der Waals surface area contributed by atoms with E-state index in [9.17, 15) is 14.7 Å². The SMILES string of the molecule is O=C(NC1CCN2CCCC2C1)NC1(C(=O)O)CCC1. The molecule has 0 spiro atoms. The van der Waals surface area contributed by atoms with Gasteiger partial charge in [-0.15, -0.1) is 0 Å². The Kier molecular flexibility index (Phi) is 3.58. The fourth-order valence-corrected chi connectivity index (χ4v) is 3.72. The van der Waals surface area contributed by atoms with Crippen LogP contribution in [0.2, 0.25) is 0 Å². The quantitative estimate of drug-likeness (QED) is 0.718. The van der Waals surface area contributed by atoms with Crippen molar-refractivity contribution in [2.45, 2.75) is 62.6 Å². The van der Waals surface area contributed by atoms with Crippen LogP contribution in [0.3, 0.4) is 0 Å². The summed E-state index contributed by atoms with van der Waals surface area (Å²) in [6, 6.07) is 0.468. The monoisotopic (exact) mass is 281 g/mol. The highest BCUT2D eigenvalue weighted by molar-refractivity contribution is 5.87. The van der Waals surface area contributed by atoms with E-state index in [-0.39, 0.29) is 12.1 Å². The highest BCUT2D eigenvalue weighted by atomic mass is 16.4. The summed E-state index contributed by atoms with van der Waals surface area (Å²) in [7, 11) is 0. The van der Waals surface area contributed by atoms with Crippen molar-refractivity contribution in [1.82, 2.24) is 15.5 Å². The second kappa shape index (κ2) is 5.24. The third-order valence-electron chi connectivity index (χ3n) is 5.12. The van der Waals surface area contributed by atoms with Crippen LogP contribution < -0.4 is 10.6 Å². The molecule has 0 aromatic rings. The number of amides is 2. The van der Waals surface area contributed by atoms with Crippen LogP contribution in [0.4, 0.5) is 4.79 Å². The van der Waals surface area contributed by atoms with Gasteiger partial charge in [0.15, 0.2) is 0 Å². The Balaban J connectivity index is 1.50. The van der Waals surface area contributed by atoms with Gasteiger partial charge in [0.2, 0.25) is 0 Å². The number of carboxylic acid groups (broad SMARTS) is 1. The maximum atomic E-state index is 12.0. The average molecular weight is 281 g/mol. The molecule has 0 aromatic heterocycles. The summed E-state index contributed by atoms with van der Waals surface area (Å²) in [6.45, 7) is 2.23. The van der Waals surface area contributed by atoms with E-state index in [2.05, 4.69) is 15.5 Å². The molecule has 20 heavy (non-hydrogen) atoms. The van der Waals surface area contributed by atoms with Crippen LogP contribution in [-0.2, 0) is 4.79 Å². The molecule has 2 aliphatic heterocycles. The fourth-order valence-electron chi connectivity index (χ4n) is 3.72. The molecular weight excluding hydrogens is 258 g/mol. The molecule has 0 radical (unpaired) electrons. The van der Waals surface area contributed by atoms with E-state index in [1.165, 1.54) is 19.4 Å². The van der Waals surface area contributed by atoms with Gasteiger partial charge < -0.3 is 20.6 Å². The minimum Gasteiger partial charge on any atom is -0.480 e. The zero-order valence-corrected chi connectivity index (χ0v) is 11.7. The third kappa shape index (κ3) is 2.49. The predicted octanol–water partition coefficient (Wildman–Crippen LogP) is 0.920. The van der Waals surface area contributed by atoms with Crippen molar-refractivity contribution in [1.29, 1.82) is 0 Å². The molecule has 1 aliphatic carbocycles. The topological polar surface area (TPSA) is 81.7 Å². The molecule has 0 bridgehead atoms. The molecule has 3 N–H and O–H groups in total. The average Bonchev–Trinajstić information content (AvgIpc) is 2.80. The Labute approximate surface area is 118 Å². The second-order valence-electron chi connectivity index (χ2n) is 6.39. The first kappa shape index (κ1) is 13.7. The highest BCUT2D eigenvalue weighted by Crippen LogP contribution is 2.32. The van der Waals surface area contributed by atoms with Gasteiger partial charge in [-0.1, -0.05) is 0 Å². The van der Waals surface area contributed by atoms with Gasteiger partial charge in [-0.25, -0.2) is 9.59 Å². The summed E-state index contributed by atoms with van der Waals surface area (Å²) in [5, 5.41) is 14.9. The number of urea groups is 1. The normalized spacial score (nSPS) is 32.0. The van der Waals surface area contributed by atoms with E-state index in [1.807, 2.05) is 0 Å². The number of aliphatic carboxylic acids is 1. The number of hydrogen-bond donors (Lipinski definition) is 3. The van der Waals surface area contributed by atoms with Gasteiger partial charge in [0.25, 0.3) is 0 Å². The zero-order chi connectivity index (χ0) is 14.2. The number of carboxylic acids is 1. The smallest absolute Gasteiger partial charge is 0.329 e. The van der Waals surface area contributed by atoms with Gasteiger partial charge in [-0.2, -0.15) is 0 Å². The van der Waals surface area contributed by atoms with Crippen molar-refractivity contribution >= 4 is 12.0 Å². The molecule has 0 aromatic carbocycles. The summed E-state index contributed by atoms with van der Waals surface area (Å²) in [5.41, 5.74) is -1.02. The molecule has 2 heterocycles. The molecule has 1 saturated carbocycles. The largest absolute Gasteiger partial charge is 0.480 e. The second-order valence-corrected chi connectivity index (χ2v) is 6.39. The minimum absolute atomic E-state index is 0.181. The van der Waals surface area contributed by atoms with E-state index in [0.29, 0.717) is 18.9 Å². The maximum absolute atomic E-state index is 12.0. The molecule has 3 rings (SSSR count). The molecule has 2 saturated heterocycles. The number of carbonyl (C=O) groups is 2. The van der Waals surface area contributed by atoms with Crippen molar-refractivity contribution in [2.24, 2.45) is 0 Å². The van der Waals surface area contributed by atoms with Gasteiger partial charge in [-0.05, 0) is 51.5 Å². The lowest BCUT2D eigenvalue weighted by Gasteiger charge is -2.39. The molecule has 2 amide bonds. The summed E-state index contributed by atoms with van der Waals surface area (Å²) in [6.07, 6.45) is 6.38. The van der Waals surface area contributed by atoms with E-state index in [0.717, 1.165) is 25.8 Å². The molecule has 3 fully saturated rings. The van der Waals surface area contributed by atoms with Gasteiger partial charge in [0, 0.05) is 18.6 Å². The molecule has 2 atom stereocenters. The number of piperidine rings is 1. The van der Waals surface area contributed by atoms with Crippen molar-refractivity contribution in [3.63, 3.8) is 0 Å². The highest BCUT2D eigenvalue weighted by Gasteiger charge is 2.46. The fraction of sp³-hybridized carbons (Fsp3) is 0.857. The summed E-state index contributed by atoms with van der Waals surface area (Å²) < 4.78 is 0. The predicted molar refractivity (Wildman–Crippen MR) is 73.5 cm³/mol. The zero-order valence-electron chi connectivity index (χ0n) is 11.7. The Morgan fingerprint density at radius 3 is 2.60 bits per heavy atom. The van der Waals surface area contributed by atoms with E-state index in [1.54, 1.807) is 0 Å². The van der Waals surface area contributed by atoms with E-state index >= 15 is 0 Å². The maximum Gasteiger partial charge on any atom is 0.329 e. The molecule has 6 nitrogen and oxygen atoms in total. The number of rotatable bonds is 3.